The van der Waals surface area contributed by atoms with Crippen molar-refractivity contribution in [3.05, 3.63) is 41.0 Å². The molecule has 0 fully saturated rings. The molecule has 0 aliphatic carbocycles. The molecule has 7 nitrogen and oxygen atoms in total. The Kier molecular flexibility index (Phi) is 7.12. The highest BCUT2D eigenvalue weighted by Gasteiger charge is 2.23. The van der Waals surface area contributed by atoms with Crippen LogP contribution in [0.3, 0.4) is 0 Å². The number of carbonyl (C=O) groups is 3. The van der Waals surface area contributed by atoms with Crippen LogP contribution < -0.4 is 5.32 Å². The standard InChI is InChI=1S/C19H21ClN2O5/c1-11(2)8-15(19(25)26-3)22-17(23)10-27-18(24)13-9-16(20)21-14-7-5-4-6-12(13)14/h4-7,9,11,15H,8,10H2,1-3H3,(H,22,23)/t15-/m1/s1. The van der Waals surface area contributed by atoms with Crippen molar-refractivity contribution in [2.75, 3.05) is 13.7 Å². The number of pyridine rings is 1. The lowest BCUT2D eigenvalue weighted by molar-refractivity contribution is -0.145. The summed E-state index contributed by atoms with van der Waals surface area (Å²) in [6, 6.07) is 7.56. The molecule has 144 valence electrons. The van der Waals surface area contributed by atoms with E-state index in [9.17, 15) is 14.4 Å². The third kappa shape index (κ3) is 5.65. The molecule has 0 radical (unpaired) electrons. The Bertz CT molecular complexity index is 853. The molecule has 0 bridgehead atoms. The van der Waals surface area contributed by atoms with E-state index in [1.54, 1.807) is 24.3 Å². The minimum Gasteiger partial charge on any atom is -0.467 e. The predicted molar refractivity (Wildman–Crippen MR) is 100 cm³/mol. The third-order valence-corrected chi connectivity index (χ3v) is 3.96. The van der Waals surface area contributed by atoms with Gasteiger partial charge < -0.3 is 14.8 Å². The minimum atomic E-state index is -0.794. The Morgan fingerprint density at radius 1 is 1.22 bits per heavy atom. The van der Waals surface area contributed by atoms with Gasteiger partial charge in [0.1, 0.15) is 11.2 Å². The molecule has 1 amide bonds. The van der Waals surface area contributed by atoms with Gasteiger partial charge in [0.2, 0.25) is 0 Å². The molecular weight excluding hydrogens is 372 g/mol. The lowest BCUT2D eigenvalue weighted by Gasteiger charge is -2.18. The molecular formula is C19H21ClN2O5. The van der Waals surface area contributed by atoms with E-state index >= 15 is 0 Å². The lowest BCUT2D eigenvalue weighted by Crippen LogP contribution is -2.44. The van der Waals surface area contributed by atoms with Crippen molar-refractivity contribution in [2.24, 2.45) is 5.92 Å². The van der Waals surface area contributed by atoms with Gasteiger partial charge in [-0.3, -0.25) is 4.79 Å². The maximum atomic E-state index is 12.4. The van der Waals surface area contributed by atoms with Gasteiger partial charge in [-0.25, -0.2) is 14.6 Å². The molecule has 1 aromatic heterocycles. The van der Waals surface area contributed by atoms with Crippen molar-refractivity contribution >= 4 is 40.3 Å². The van der Waals surface area contributed by atoms with E-state index in [2.05, 4.69) is 15.0 Å². The minimum absolute atomic E-state index is 0.146. The monoisotopic (exact) mass is 392 g/mol. The van der Waals surface area contributed by atoms with Crippen molar-refractivity contribution in [1.82, 2.24) is 10.3 Å². The molecule has 1 heterocycles. The number of carbonyl (C=O) groups excluding carboxylic acids is 3. The molecule has 0 unspecified atom stereocenters. The number of nitrogens with one attached hydrogen (secondary N) is 1. The highest BCUT2D eigenvalue weighted by atomic mass is 35.5. The van der Waals surface area contributed by atoms with Gasteiger partial charge in [-0.2, -0.15) is 0 Å². The van der Waals surface area contributed by atoms with Gasteiger partial charge in [-0.1, -0.05) is 43.6 Å². The van der Waals surface area contributed by atoms with Crippen LogP contribution in [-0.2, 0) is 19.1 Å². The van der Waals surface area contributed by atoms with E-state index in [1.807, 2.05) is 13.8 Å². The fourth-order valence-electron chi connectivity index (χ4n) is 2.58. The van der Waals surface area contributed by atoms with Gasteiger partial charge in [-0.15, -0.1) is 0 Å². The zero-order valence-electron chi connectivity index (χ0n) is 15.3. The topological polar surface area (TPSA) is 94.6 Å². The largest absolute Gasteiger partial charge is 0.467 e. The summed E-state index contributed by atoms with van der Waals surface area (Å²) >= 11 is 5.95. The lowest BCUT2D eigenvalue weighted by atomic mass is 10.0. The summed E-state index contributed by atoms with van der Waals surface area (Å²) in [4.78, 5) is 40.4. The molecule has 27 heavy (non-hydrogen) atoms. The van der Waals surface area contributed by atoms with Crippen LogP contribution in [0.2, 0.25) is 5.15 Å². The number of ether oxygens (including phenoxy) is 2. The number of hydrogen-bond donors (Lipinski definition) is 1. The van der Waals surface area contributed by atoms with E-state index in [1.165, 1.54) is 13.2 Å². The van der Waals surface area contributed by atoms with E-state index in [4.69, 9.17) is 16.3 Å². The van der Waals surface area contributed by atoms with Crippen molar-refractivity contribution in [3.8, 4) is 0 Å². The SMILES string of the molecule is COC(=O)[C@@H](CC(C)C)NC(=O)COC(=O)c1cc(Cl)nc2ccccc12. The van der Waals surface area contributed by atoms with Crippen molar-refractivity contribution < 1.29 is 23.9 Å². The number of para-hydroxylation sites is 1. The first-order valence-corrected chi connectivity index (χ1v) is 8.79. The molecule has 0 aliphatic rings. The highest BCUT2D eigenvalue weighted by Crippen LogP contribution is 2.21. The summed E-state index contributed by atoms with van der Waals surface area (Å²) in [5.74, 6) is -1.68. The number of methoxy groups -OCH3 is 1. The van der Waals surface area contributed by atoms with Crippen LogP contribution in [0.25, 0.3) is 10.9 Å². The third-order valence-electron chi connectivity index (χ3n) is 3.77. The average molecular weight is 393 g/mol. The predicted octanol–water partition coefficient (Wildman–Crippen LogP) is 2.75. The molecule has 0 spiro atoms. The number of esters is 2. The normalized spacial score (nSPS) is 11.9. The summed E-state index contributed by atoms with van der Waals surface area (Å²) < 4.78 is 9.77. The number of aromatic nitrogens is 1. The van der Waals surface area contributed by atoms with Crippen molar-refractivity contribution in [2.45, 2.75) is 26.3 Å². The maximum absolute atomic E-state index is 12.4. The Morgan fingerprint density at radius 3 is 2.59 bits per heavy atom. The molecule has 8 heteroatoms. The summed E-state index contributed by atoms with van der Waals surface area (Å²) in [5, 5.41) is 3.24. The summed E-state index contributed by atoms with van der Waals surface area (Å²) in [6.07, 6.45) is 0.414. The summed E-state index contributed by atoms with van der Waals surface area (Å²) in [5.41, 5.74) is 0.759. The van der Waals surface area contributed by atoms with Gasteiger partial charge in [0.25, 0.3) is 5.91 Å². The molecule has 1 aromatic carbocycles. The van der Waals surface area contributed by atoms with Crippen LogP contribution in [0.1, 0.15) is 30.6 Å². The second-order valence-corrected chi connectivity index (χ2v) is 6.75. The first-order chi connectivity index (χ1) is 12.8. The Labute approximate surface area is 162 Å². The van der Waals surface area contributed by atoms with Crippen LogP contribution in [0.5, 0.6) is 0 Å². The highest BCUT2D eigenvalue weighted by molar-refractivity contribution is 6.30. The quantitative estimate of drug-likeness (QED) is 0.575. The molecule has 0 saturated carbocycles. The molecule has 1 atom stereocenters. The smallest absolute Gasteiger partial charge is 0.339 e. The number of hydrogen-bond acceptors (Lipinski definition) is 6. The molecule has 1 N–H and O–H groups in total. The summed E-state index contributed by atoms with van der Waals surface area (Å²) in [7, 11) is 1.25. The van der Waals surface area contributed by atoms with Gasteiger partial charge >= 0.3 is 11.9 Å². The number of fused-ring (bicyclic) bond motifs is 1. The Balaban J connectivity index is 2.05. The zero-order chi connectivity index (χ0) is 20.0. The maximum Gasteiger partial charge on any atom is 0.339 e. The molecule has 0 saturated heterocycles. The fourth-order valence-corrected chi connectivity index (χ4v) is 2.78. The zero-order valence-corrected chi connectivity index (χ0v) is 16.1. The Morgan fingerprint density at radius 2 is 1.93 bits per heavy atom. The van der Waals surface area contributed by atoms with Gasteiger partial charge in [-0.05, 0) is 24.5 Å². The molecule has 0 aliphatic heterocycles. The fraction of sp³-hybridized carbons (Fsp3) is 0.368. The van der Waals surface area contributed by atoms with Crippen LogP contribution in [0.4, 0.5) is 0 Å². The van der Waals surface area contributed by atoms with E-state index in [0.717, 1.165) is 0 Å². The number of benzene rings is 1. The number of halogens is 1. The van der Waals surface area contributed by atoms with Gasteiger partial charge in [0.05, 0.1) is 18.2 Å². The van der Waals surface area contributed by atoms with E-state index in [0.29, 0.717) is 17.3 Å². The van der Waals surface area contributed by atoms with E-state index < -0.39 is 30.5 Å². The van der Waals surface area contributed by atoms with Crippen molar-refractivity contribution in [3.63, 3.8) is 0 Å². The van der Waals surface area contributed by atoms with Gasteiger partial charge in [0.15, 0.2) is 6.61 Å². The van der Waals surface area contributed by atoms with Crippen LogP contribution >= 0.6 is 11.6 Å². The number of rotatable bonds is 7. The van der Waals surface area contributed by atoms with Gasteiger partial charge in [0, 0.05) is 5.39 Å². The first kappa shape index (κ1) is 20.6. The second kappa shape index (κ2) is 9.32. The number of amides is 1. The molecule has 2 aromatic rings. The molecule has 2 rings (SSSR count). The average Bonchev–Trinajstić information content (AvgIpc) is 2.63. The Hall–Kier alpha value is -2.67. The first-order valence-electron chi connectivity index (χ1n) is 8.41. The van der Waals surface area contributed by atoms with Crippen LogP contribution in [0, 0.1) is 5.92 Å². The van der Waals surface area contributed by atoms with Crippen LogP contribution in [0.15, 0.2) is 30.3 Å². The van der Waals surface area contributed by atoms with Crippen molar-refractivity contribution in [1.29, 1.82) is 0 Å². The second-order valence-electron chi connectivity index (χ2n) is 6.36. The summed E-state index contributed by atoms with van der Waals surface area (Å²) in [6.45, 7) is 3.31. The van der Waals surface area contributed by atoms with Crippen LogP contribution in [-0.4, -0.2) is 42.6 Å². The number of nitrogens with zero attached hydrogens (tertiary/aromatic N) is 1. The van der Waals surface area contributed by atoms with E-state index in [-0.39, 0.29) is 16.6 Å².